The molecule has 2 atom stereocenters. The SMILES string of the molecule is CCCC1CCCCN1c1ccc(C(C)NCC)cc1Br. The molecule has 0 amide bonds. The van der Waals surface area contributed by atoms with Gasteiger partial charge in [-0.3, -0.25) is 0 Å². The van der Waals surface area contributed by atoms with E-state index in [0.717, 1.165) is 12.6 Å². The van der Waals surface area contributed by atoms with Crippen molar-refractivity contribution < 1.29 is 0 Å². The summed E-state index contributed by atoms with van der Waals surface area (Å²) in [5.41, 5.74) is 2.73. The summed E-state index contributed by atoms with van der Waals surface area (Å²) in [6.45, 7) is 8.88. The number of halogens is 1. The topological polar surface area (TPSA) is 15.3 Å². The van der Waals surface area contributed by atoms with Crippen LogP contribution in [0.25, 0.3) is 0 Å². The molecule has 0 bridgehead atoms. The predicted octanol–water partition coefficient (Wildman–Crippen LogP) is 5.28. The Bertz CT molecular complexity index is 445. The molecule has 21 heavy (non-hydrogen) atoms. The van der Waals surface area contributed by atoms with Gasteiger partial charge in [0.25, 0.3) is 0 Å². The van der Waals surface area contributed by atoms with Crippen molar-refractivity contribution in [2.45, 2.75) is 65.0 Å². The van der Waals surface area contributed by atoms with Crippen LogP contribution in [0.3, 0.4) is 0 Å². The second-order valence-corrected chi connectivity index (χ2v) is 6.98. The first kappa shape index (κ1) is 16.8. The van der Waals surface area contributed by atoms with Crippen LogP contribution in [0.4, 0.5) is 5.69 Å². The Morgan fingerprint density at radius 1 is 1.33 bits per heavy atom. The lowest BCUT2D eigenvalue weighted by atomic mass is 9.97. The number of anilines is 1. The first-order valence-electron chi connectivity index (χ1n) is 8.46. The highest BCUT2D eigenvalue weighted by atomic mass is 79.9. The van der Waals surface area contributed by atoms with Gasteiger partial charge in [-0.2, -0.15) is 0 Å². The van der Waals surface area contributed by atoms with Gasteiger partial charge in [-0.1, -0.05) is 26.3 Å². The molecule has 1 aliphatic rings. The molecule has 0 spiro atoms. The molecule has 3 heteroatoms. The summed E-state index contributed by atoms with van der Waals surface area (Å²) in [4.78, 5) is 2.62. The van der Waals surface area contributed by atoms with Crippen LogP contribution in [-0.4, -0.2) is 19.1 Å². The van der Waals surface area contributed by atoms with Crippen molar-refractivity contribution in [3.05, 3.63) is 28.2 Å². The molecule has 2 unspecified atom stereocenters. The van der Waals surface area contributed by atoms with Crippen LogP contribution in [0.5, 0.6) is 0 Å². The Morgan fingerprint density at radius 3 is 2.81 bits per heavy atom. The van der Waals surface area contributed by atoms with Crippen molar-refractivity contribution in [3.63, 3.8) is 0 Å². The Hall–Kier alpha value is -0.540. The molecule has 2 nitrogen and oxygen atoms in total. The van der Waals surface area contributed by atoms with Gasteiger partial charge in [-0.05, 0) is 72.8 Å². The molecule has 1 heterocycles. The molecular weight excluding hydrogens is 324 g/mol. The molecule has 0 saturated carbocycles. The van der Waals surface area contributed by atoms with Crippen molar-refractivity contribution in [2.24, 2.45) is 0 Å². The monoisotopic (exact) mass is 352 g/mol. The van der Waals surface area contributed by atoms with Gasteiger partial charge in [0, 0.05) is 23.1 Å². The summed E-state index contributed by atoms with van der Waals surface area (Å²) >= 11 is 3.81. The zero-order valence-corrected chi connectivity index (χ0v) is 15.2. The predicted molar refractivity (Wildman–Crippen MR) is 96.1 cm³/mol. The average molecular weight is 353 g/mol. The van der Waals surface area contributed by atoms with Crippen molar-refractivity contribution in [3.8, 4) is 0 Å². The maximum Gasteiger partial charge on any atom is 0.0513 e. The quantitative estimate of drug-likeness (QED) is 0.749. The van der Waals surface area contributed by atoms with Crippen LogP contribution in [-0.2, 0) is 0 Å². The Kier molecular flexibility index (Phi) is 6.56. The van der Waals surface area contributed by atoms with E-state index in [1.54, 1.807) is 0 Å². The molecule has 1 fully saturated rings. The van der Waals surface area contributed by atoms with Gasteiger partial charge in [0.05, 0.1) is 5.69 Å². The average Bonchev–Trinajstić information content (AvgIpc) is 2.48. The summed E-state index contributed by atoms with van der Waals surface area (Å²) < 4.78 is 1.24. The van der Waals surface area contributed by atoms with Gasteiger partial charge < -0.3 is 10.2 Å². The molecule has 0 aliphatic carbocycles. The highest BCUT2D eigenvalue weighted by molar-refractivity contribution is 9.10. The summed E-state index contributed by atoms with van der Waals surface area (Å²) in [5, 5.41) is 3.48. The van der Waals surface area contributed by atoms with E-state index in [-0.39, 0.29) is 0 Å². The van der Waals surface area contributed by atoms with Crippen LogP contribution >= 0.6 is 15.9 Å². The fourth-order valence-electron chi connectivity index (χ4n) is 3.40. The van der Waals surface area contributed by atoms with Crippen molar-refractivity contribution in [1.82, 2.24) is 5.32 Å². The van der Waals surface area contributed by atoms with Gasteiger partial charge >= 0.3 is 0 Å². The molecule has 1 N–H and O–H groups in total. The maximum atomic E-state index is 3.81. The standard InChI is InChI=1S/C18H29BrN2/c1-4-8-16-9-6-7-12-21(16)18-11-10-15(13-17(18)19)14(3)20-5-2/h10-11,13-14,16,20H,4-9,12H2,1-3H3. The van der Waals surface area contributed by atoms with Crippen molar-refractivity contribution in [1.29, 1.82) is 0 Å². The number of hydrogen-bond acceptors (Lipinski definition) is 2. The summed E-state index contributed by atoms with van der Waals surface area (Å²) in [6.07, 6.45) is 6.63. The van der Waals surface area contributed by atoms with Gasteiger partial charge in [0.1, 0.15) is 0 Å². The Balaban J connectivity index is 2.18. The van der Waals surface area contributed by atoms with E-state index in [2.05, 4.69) is 65.1 Å². The van der Waals surface area contributed by atoms with Crippen LogP contribution in [0.15, 0.2) is 22.7 Å². The van der Waals surface area contributed by atoms with E-state index < -0.39 is 0 Å². The first-order valence-corrected chi connectivity index (χ1v) is 9.26. The van der Waals surface area contributed by atoms with Crippen molar-refractivity contribution in [2.75, 3.05) is 18.0 Å². The number of nitrogens with one attached hydrogen (secondary N) is 1. The minimum atomic E-state index is 0.410. The molecule has 1 aromatic carbocycles. The lowest BCUT2D eigenvalue weighted by molar-refractivity contribution is 0.434. The molecule has 0 radical (unpaired) electrons. The van der Waals surface area contributed by atoms with E-state index in [1.807, 2.05) is 0 Å². The number of nitrogens with zero attached hydrogens (tertiary/aromatic N) is 1. The fraction of sp³-hybridized carbons (Fsp3) is 0.667. The second kappa shape index (κ2) is 8.19. The molecule has 1 aromatic rings. The molecule has 2 rings (SSSR count). The van der Waals surface area contributed by atoms with E-state index in [0.29, 0.717) is 6.04 Å². The van der Waals surface area contributed by atoms with Crippen LogP contribution < -0.4 is 10.2 Å². The molecule has 1 aliphatic heterocycles. The highest BCUT2D eigenvalue weighted by Gasteiger charge is 2.23. The molecular formula is C18H29BrN2. The highest BCUT2D eigenvalue weighted by Crippen LogP contribution is 2.34. The third-order valence-electron chi connectivity index (χ3n) is 4.54. The lowest BCUT2D eigenvalue weighted by Crippen LogP contribution is -2.39. The normalized spacial score (nSPS) is 20.6. The Morgan fingerprint density at radius 2 is 2.14 bits per heavy atom. The van der Waals surface area contributed by atoms with E-state index in [4.69, 9.17) is 0 Å². The van der Waals surface area contributed by atoms with Gasteiger partial charge in [-0.25, -0.2) is 0 Å². The van der Waals surface area contributed by atoms with Gasteiger partial charge in [0.15, 0.2) is 0 Å². The zero-order chi connectivity index (χ0) is 15.2. The van der Waals surface area contributed by atoms with Crippen molar-refractivity contribution >= 4 is 21.6 Å². The Labute approximate surface area is 138 Å². The third-order valence-corrected chi connectivity index (χ3v) is 5.18. The number of hydrogen-bond donors (Lipinski definition) is 1. The van der Waals surface area contributed by atoms with Gasteiger partial charge in [-0.15, -0.1) is 0 Å². The number of benzene rings is 1. The smallest absolute Gasteiger partial charge is 0.0513 e. The molecule has 118 valence electrons. The van der Waals surface area contributed by atoms with Crippen LogP contribution in [0, 0.1) is 0 Å². The van der Waals surface area contributed by atoms with E-state index in [1.165, 1.54) is 54.4 Å². The fourth-order valence-corrected chi connectivity index (χ4v) is 4.02. The second-order valence-electron chi connectivity index (χ2n) is 6.12. The summed E-state index contributed by atoms with van der Waals surface area (Å²) in [7, 11) is 0. The largest absolute Gasteiger partial charge is 0.368 e. The minimum absolute atomic E-state index is 0.410. The summed E-state index contributed by atoms with van der Waals surface area (Å²) in [5.74, 6) is 0. The number of rotatable bonds is 6. The zero-order valence-electron chi connectivity index (χ0n) is 13.7. The van der Waals surface area contributed by atoms with Crippen LogP contribution in [0.2, 0.25) is 0 Å². The summed E-state index contributed by atoms with van der Waals surface area (Å²) in [6, 6.07) is 8.01. The third kappa shape index (κ3) is 4.23. The lowest BCUT2D eigenvalue weighted by Gasteiger charge is -2.38. The van der Waals surface area contributed by atoms with Gasteiger partial charge in [0.2, 0.25) is 0 Å². The molecule has 1 saturated heterocycles. The maximum absolute atomic E-state index is 3.81. The number of piperidine rings is 1. The minimum Gasteiger partial charge on any atom is -0.368 e. The van der Waals surface area contributed by atoms with E-state index >= 15 is 0 Å². The first-order chi connectivity index (χ1) is 10.2. The molecule has 0 aromatic heterocycles. The van der Waals surface area contributed by atoms with Crippen LogP contribution in [0.1, 0.15) is 64.5 Å². The van der Waals surface area contributed by atoms with E-state index in [9.17, 15) is 0 Å².